The van der Waals surface area contributed by atoms with Gasteiger partial charge in [-0.15, -0.1) is 0 Å². The number of carbonyl (C=O) groups is 1. The van der Waals surface area contributed by atoms with Gasteiger partial charge in [-0.3, -0.25) is 14.9 Å². The zero-order valence-electron chi connectivity index (χ0n) is 12.7. The molecular formula is C16H21N3O3. The highest BCUT2D eigenvalue weighted by Crippen LogP contribution is 2.39. The zero-order valence-corrected chi connectivity index (χ0v) is 12.7. The van der Waals surface area contributed by atoms with Gasteiger partial charge in [0.15, 0.2) is 0 Å². The number of hydrogen-bond acceptors (Lipinski definition) is 4. The molecule has 2 aliphatic carbocycles. The Morgan fingerprint density at radius 2 is 2.18 bits per heavy atom. The maximum atomic E-state index is 12.0. The zero-order chi connectivity index (χ0) is 15.7. The SMILES string of the molecule is CCCC1CC1Nc1ccc(C(=O)NC2CC2)cc1[N+](=O)[O-]. The smallest absolute Gasteiger partial charge is 0.293 e. The molecule has 2 fully saturated rings. The molecule has 0 bridgehead atoms. The van der Waals surface area contributed by atoms with Gasteiger partial charge in [0.05, 0.1) is 4.92 Å². The van der Waals surface area contributed by atoms with Gasteiger partial charge < -0.3 is 10.6 Å². The van der Waals surface area contributed by atoms with E-state index in [1.54, 1.807) is 12.1 Å². The molecule has 0 radical (unpaired) electrons. The largest absolute Gasteiger partial charge is 0.376 e. The lowest BCUT2D eigenvalue weighted by Crippen LogP contribution is -2.25. The van der Waals surface area contributed by atoms with Crippen LogP contribution in [0.15, 0.2) is 18.2 Å². The molecule has 2 aliphatic rings. The predicted octanol–water partition coefficient (Wildman–Crippen LogP) is 3.09. The van der Waals surface area contributed by atoms with Gasteiger partial charge in [0.25, 0.3) is 11.6 Å². The van der Waals surface area contributed by atoms with E-state index < -0.39 is 4.92 Å². The molecule has 0 aromatic heterocycles. The van der Waals surface area contributed by atoms with Crippen molar-refractivity contribution in [3.63, 3.8) is 0 Å². The van der Waals surface area contributed by atoms with Gasteiger partial charge in [-0.1, -0.05) is 13.3 Å². The Hall–Kier alpha value is -2.11. The third kappa shape index (κ3) is 3.37. The van der Waals surface area contributed by atoms with Crippen LogP contribution in [0.3, 0.4) is 0 Å². The number of anilines is 1. The van der Waals surface area contributed by atoms with Crippen molar-refractivity contribution in [1.82, 2.24) is 5.32 Å². The molecule has 3 rings (SSSR count). The maximum absolute atomic E-state index is 12.0. The lowest BCUT2D eigenvalue weighted by Gasteiger charge is -2.09. The van der Waals surface area contributed by atoms with Crippen molar-refractivity contribution in [1.29, 1.82) is 0 Å². The van der Waals surface area contributed by atoms with Crippen LogP contribution in [0.5, 0.6) is 0 Å². The number of nitro benzene ring substituents is 1. The number of nitrogens with zero attached hydrogens (tertiary/aromatic N) is 1. The summed E-state index contributed by atoms with van der Waals surface area (Å²) in [5.41, 5.74) is 0.840. The first-order valence-electron chi connectivity index (χ1n) is 7.94. The van der Waals surface area contributed by atoms with E-state index in [2.05, 4.69) is 17.6 Å². The topological polar surface area (TPSA) is 84.3 Å². The summed E-state index contributed by atoms with van der Waals surface area (Å²) in [6.45, 7) is 2.14. The molecule has 0 aliphatic heterocycles. The predicted molar refractivity (Wildman–Crippen MR) is 84.0 cm³/mol. The molecule has 1 aromatic rings. The number of carbonyl (C=O) groups excluding carboxylic acids is 1. The van der Waals surface area contributed by atoms with E-state index >= 15 is 0 Å². The quantitative estimate of drug-likeness (QED) is 0.599. The number of nitro groups is 1. The molecule has 1 amide bonds. The van der Waals surface area contributed by atoms with Crippen LogP contribution in [0.4, 0.5) is 11.4 Å². The summed E-state index contributed by atoms with van der Waals surface area (Å²) in [4.78, 5) is 22.8. The van der Waals surface area contributed by atoms with Gasteiger partial charge in [-0.2, -0.15) is 0 Å². The first-order valence-corrected chi connectivity index (χ1v) is 7.94. The van der Waals surface area contributed by atoms with Crippen molar-refractivity contribution in [3.05, 3.63) is 33.9 Å². The van der Waals surface area contributed by atoms with Crippen molar-refractivity contribution < 1.29 is 9.72 Å². The molecule has 0 heterocycles. The fourth-order valence-corrected chi connectivity index (χ4v) is 2.76. The summed E-state index contributed by atoms with van der Waals surface area (Å²) < 4.78 is 0. The molecule has 2 atom stereocenters. The Balaban J connectivity index is 1.72. The van der Waals surface area contributed by atoms with Crippen molar-refractivity contribution in [2.24, 2.45) is 5.92 Å². The minimum Gasteiger partial charge on any atom is -0.376 e. The van der Waals surface area contributed by atoms with Crippen LogP contribution in [0.25, 0.3) is 0 Å². The van der Waals surface area contributed by atoms with E-state index in [4.69, 9.17) is 0 Å². The van der Waals surface area contributed by atoms with E-state index in [1.165, 1.54) is 6.07 Å². The van der Waals surface area contributed by atoms with E-state index in [1.807, 2.05) is 0 Å². The summed E-state index contributed by atoms with van der Waals surface area (Å²) in [6.07, 6.45) is 5.33. The highest BCUT2D eigenvalue weighted by Gasteiger charge is 2.37. The summed E-state index contributed by atoms with van der Waals surface area (Å²) in [7, 11) is 0. The molecule has 2 N–H and O–H groups in total. The number of hydrogen-bond donors (Lipinski definition) is 2. The maximum Gasteiger partial charge on any atom is 0.293 e. The third-order valence-electron chi connectivity index (χ3n) is 4.29. The Morgan fingerprint density at radius 3 is 2.82 bits per heavy atom. The van der Waals surface area contributed by atoms with Crippen molar-refractivity contribution in [2.75, 3.05) is 5.32 Å². The van der Waals surface area contributed by atoms with Crippen LogP contribution in [0.2, 0.25) is 0 Å². The average Bonchev–Trinajstić information content (AvgIpc) is 3.39. The van der Waals surface area contributed by atoms with Gasteiger partial charge in [-0.25, -0.2) is 0 Å². The molecule has 6 nitrogen and oxygen atoms in total. The molecular weight excluding hydrogens is 282 g/mol. The third-order valence-corrected chi connectivity index (χ3v) is 4.29. The first kappa shape index (κ1) is 14.8. The van der Waals surface area contributed by atoms with Gasteiger partial charge in [0.2, 0.25) is 0 Å². The van der Waals surface area contributed by atoms with Crippen molar-refractivity contribution >= 4 is 17.3 Å². The van der Waals surface area contributed by atoms with E-state index in [9.17, 15) is 14.9 Å². The summed E-state index contributed by atoms with van der Waals surface area (Å²) in [6, 6.07) is 5.25. The van der Waals surface area contributed by atoms with Gasteiger partial charge in [0, 0.05) is 23.7 Å². The first-order chi connectivity index (χ1) is 10.6. The monoisotopic (exact) mass is 303 g/mol. The Labute approximate surface area is 129 Å². The summed E-state index contributed by atoms with van der Waals surface area (Å²) in [5.74, 6) is 0.384. The Morgan fingerprint density at radius 1 is 1.41 bits per heavy atom. The number of benzene rings is 1. The number of rotatable bonds is 7. The van der Waals surface area contributed by atoms with Crippen LogP contribution in [0.1, 0.15) is 49.4 Å². The van der Waals surface area contributed by atoms with E-state index in [0.29, 0.717) is 23.2 Å². The standard InChI is InChI=1S/C16H21N3O3/c1-2-3-10-8-14(10)18-13-7-4-11(9-15(13)19(21)22)16(20)17-12-5-6-12/h4,7,9-10,12,14,18H,2-3,5-6,8H2,1H3,(H,17,20). The van der Waals surface area contributed by atoms with Crippen LogP contribution in [0, 0.1) is 16.0 Å². The fraction of sp³-hybridized carbons (Fsp3) is 0.562. The van der Waals surface area contributed by atoms with E-state index in [0.717, 1.165) is 32.1 Å². The normalized spacial score (nSPS) is 23.0. The molecule has 118 valence electrons. The van der Waals surface area contributed by atoms with Crippen LogP contribution >= 0.6 is 0 Å². The molecule has 1 aromatic carbocycles. The lowest BCUT2D eigenvalue weighted by molar-refractivity contribution is -0.384. The Bertz CT molecular complexity index is 598. The fourth-order valence-electron chi connectivity index (χ4n) is 2.76. The van der Waals surface area contributed by atoms with E-state index in [-0.39, 0.29) is 17.6 Å². The second-order valence-electron chi connectivity index (χ2n) is 6.27. The molecule has 22 heavy (non-hydrogen) atoms. The number of nitrogens with one attached hydrogen (secondary N) is 2. The highest BCUT2D eigenvalue weighted by atomic mass is 16.6. The number of amides is 1. The lowest BCUT2D eigenvalue weighted by atomic mass is 10.1. The summed E-state index contributed by atoms with van der Waals surface area (Å²) in [5, 5.41) is 17.4. The van der Waals surface area contributed by atoms with Gasteiger partial charge >= 0.3 is 0 Å². The Kier molecular flexibility index (Phi) is 4.00. The molecule has 0 saturated heterocycles. The van der Waals surface area contributed by atoms with Gasteiger partial charge in [0.1, 0.15) is 5.69 Å². The van der Waals surface area contributed by atoms with Crippen LogP contribution < -0.4 is 10.6 Å². The summed E-state index contributed by atoms with van der Waals surface area (Å²) >= 11 is 0. The molecule has 0 spiro atoms. The molecule has 6 heteroatoms. The van der Waals surface area contributed by atoms with Crippen molar-refractivity contribution in [2.45, 2.75) is 51.1 Å². The van der Waals surface area contributed by atoms with Gasteiger partial charge in [-0.05, 0) is 43.7 Å². The molecule has 2 unspecified atom stereocenters. The minimum absolute atomic E-state index is 0.0226. The second kappa shape index (κ2) is 5.94. The highest BCUT2D eigenvalue weighted by molar-refractivity contribution is 5.96. The minimum atomic E-state index is -0.423. The molecule has 2 saturated carbocycles. The second-order valence-corrected chi connectivity index (χ2v) is 6.27. The van der Waals surface area contributed by atoms with Crippen molar-refractivity contribution in [3.8, 4) is 0 Å². The average molecular weight is 303 g/mol. The van der Waals surface area contributed by atoms with Crippen LogP contribution in [-0.4, -0.2) is 22.9 Å². The van der Waals surface area contributed by atoms with Crippen LogP contribution in [-0.2, 0) is 0 Å².